The van der Waals surface area contributed by atoms with E-state index in [1.807, 2.05) is 0 Å². The fourth-order valence-electron chi connectivity index (χ4n) is 2.16. The van der Waals surface area contributed by atoms with Crippen LogP contribution in [-0.4, -0.2) is 5.88 Å². The summed E-state index contributed by atoms with van der Waals surface area (Å²) < 4.78 is 1.21. The van der Waals surface area contributed by atoms with Crippen LogP contribution in [0.4, 0.5) is 0 Å². The Hall–Kier alpha value is -0.0100. The number of hydrogen-bond donors (Lipinski definition) is 0. The van der Waals surface area contributed by atoms with Crippen LogP contribution in [0.2, 0.25) is 0 Å². The van der Waals surface area contributed by atoms with Crippen molar-refractivity contribution in [2.45, 2.75) is 26.2 Å². The van der Waals surface area contributed by atoms with Gasteiger partial charge in [-0.2, -0.15) is 0 Å². The van der Waals surface area contributed by atoms with Crippen LogP contribution in [0, 0.1) is 11.3 Å². The van der Waals surface area contributed by atoms with Crippen molar-refractivity contribution in [3.63, 3.8) is 0 Å². The van der Waals surface area contributed by atoms with Gasteiger partial charge >= 0.3 is 0 Å². The van der Waals surface area contributed by atoms with E-state index in [1.54, 1.807) is 0 Å². The SMILES string of the molecule is CC(CCl)(Cc1ccccc1Br)C1CC1. The minimum absolute atomic E-state index is 0.283. The second-order valence-electron chi connectivity index (χ2n) is 4.83. The zero-order chi connectivity index (χ0) is 10.9. The highest BCUT2D eigenvalue weighted by atomic mass is 79.9. The van der Waals surface area contributed by atoms with Gasteiger partial charge in [-0.1, -0.05) is 41.1 Å². The number of rotatable bonds is 4. The van der Waals surface area contributed by atoms with Gasteiger partial charge in [0.25, 0.3) is 0 Å². The van der Waals surface area contributed by atoms with Crippen LogP contribution in [0.3, 0.4) is 0 Å². The van der Waals surface area contributed by atoms with E-state index >= 15 is 0 Å². The van der Waals surface area contributed by atoms with Gasteiger partial charge in [-0.05, 0) is 42.2 Å². The van der Waals surface area contributed by atoms with E-state index in [1.165, 1.54) is 22.9 Å². The molecule has 1 aliphatic rings. The second-order valence-corrected chi connectivity index (χ2v) is 5.95. The van der Waals surface area contributed by atoms with Crippen molar-refractivity contribution in [1.82, 2.24) is 0 Å². The van der Waals surface area contributed by atoms with Crippen molar-refractivity contribution in [2.24, 2.45) is 11.3 Å². The molecule has 0 bridgehead atoms. The third-order valence-corrected chi connectivity index (χ3v) is 4.80. The highest BCUT2D eigenvalue weighted by molar-refractivity contribution is 9.10. The lowest BCUT2D eigenvalue weighted by atomic mass is 9.81. The van der Waals surface area contributed by atoms with Crippen molar-refractivity contribution >= 4 is 27.5 Å². The van der Waals surface area contributed by atoms with Crippen LogP contribution in [0.1, 0.15) is 25.3 Å². The summed E-state index contributed by atoms with van der Waals surface area (Å²) in [6.45, 7) is 2.32. The Kier molecular flexibility index (Phi) is 3.42. The molecule has 0 spiro atoms. The first-order chi connectivity index (χ1) is 7.15. The molecule has 1 saturated carbocycles. The second kappa shape index (κ2) is 4.47. The average molecular weight is 288 g/mol. The summed E-state index contributed by atoms with van der Waals surface area (Å²) in [5, 5.41) is 0. The fourth-order valence-corrected chi connectivity index (χ4v) is 2.90. The van der Waals surface area contributed by atoms with Gasteiger partial charge in [0.2, 0.25) is 0 Å². The molecule has 2 rings (SSSR count). The van der Waals surface area contributed by atoms with Gasteiger partial charge in [-0.15, -0.1) is 11.6 Å². The van der Waals surface area contributed by atoms with Gasteiger partial charge in [0, 0.05) is 10.4 Å². The molecule has 82 valence electrons. The fraction of sp³-hybridized carbons (Fsp3) is 0.538. The average Bonchev–Trinajstić information content (AvgIpc) is 3.05. The monoisotopic (exact) mass is 286 g/mol. The van der Waals surface area contributed by atoms with E-state index in [4.69, 9.17) is 11.6 Å². The van der Waals surface area contributed by atoms with E-state index in [9.17, 15) is 0 Å². The van der Waals surface area contributed by atoms with Crippen molar-refractivity contribution in [2.75, 3.05) is 5.88 Å². The largest absolute Gasteiger partial charge is 0.126 e. The van der Waals surface area contributed by atoms with Gasteiger partial charge in [-0.25, -0.2) is 0 Å². The summed E-state index contributed by atoms with van der Waals surface area (Å²) >= 11 is 9.74. The predicted molar refractivity (Wildman–Crippen MR) is 69.4 cm³/mol. The first-order valence-electron chi connectivity index (χ1n) is 5.45. The number of hydrogen-bond acceptors (Lipinski definition) is 0. The van der Waals surface area contributed by atoms with Crippen LogP contribution < -0.4 is 0 Å². The standard InChI is InChI=1S/C13H16BrCl/c1-13(9-15,11-6-7-11)8-10-4-2-3-5-12(10)14/h2-5,11H,6-9H2,1H3. The molecule has 1 aliphatic carbocycles. The maximum absolute atomic E-state index is 6.13. The molecule has 1 aromatic rings. The van der Waals surface area contributed by atoms with E-state index < -0.39 is 0 Å². The predicted octanol–water partition coefficient (Wildman–Crippen LogP) is 4.65. The van der Waals surface area contributed by atoms with Crippen molar-refractivity contribution < 1.29 is 0 Å². The number of alkyl halides is 1. The van der Waals surface area contributed by atoms with Gasteiger partial charge in [0.1, 0.15) is 0 Å². The van der Waals surface area contributed by atoms with Gasteiger partial charge in [0.15, 0.2) is 0 Å². The summed E-state index contributed by atoms with van der Waals surface area (Å²) in [6, 6.07) is 8.46. The molecule has 0 aromatic heterocycles. The van der Waals surface area contributed by atoms with Crippen LogP contribution in [0.5, 0.6) is 0 Å². The topological polar surface area (TPSA) is 0 Å². The van der Waals surface area contributed by atoms with Gasteiger partial charge in [-0.3, -0.25) is 0 Å². The van der Waals surface area contributed by atoms with E-state index in [-0.39, 0.29) is 5.41 Å². The zero-order valence-corrected chi connectivity index (χ0v) is 11.3. The Balaban J connectivity index is 2.16. The molecular weight excluding hydrogens is 272 g/mol. The zero-order valence-electron chi connectivity index (χ0n) is 8.97. The van der Waals surface area contributed by atoms with Crippen LogP contribution in [0.15, 0.2) is 28.7 Å². The summed E-state index contributed by atoms with van der Waals surface area (Å²) in [5.41, 5.74) is 1.67. The molecule has 1 atom stereocenters. The smallest absolute Gasteiger partial charge is 0.0283 e. The maximum Gasteiger partial charge on any atom is 0.0283 e. The first-order valence-corrected chi connectivity index (χ1v) is 6.78. The molecule has 1 unspecified atom stereocenters. The van der Waals surface area contributed by atoms with Crippen molar-refractivity contribution in [3.05, 3.63) is 34.3 Å². The molecule has 0 nitrogen and oxygen atoms in total. The molecule has 15 heavy (non-hydrogen) atoms. The minimum atomic E-state index is 0.283. The summed E-state index contributed by atoms with van der Waals surface area (Å²) in [7, 11) is 0. The van der Waals surface area contributed by atoms with Crippen LogP contribution >= 0.6 is 27.5 Å². The van der Waals surface area contributed by atoms with Crippen molar-refractivity contribution in [1.29, 1.82) is 0 Å². The lowest BCUT2D eigenvalue weighted by Gasteiger charge is -2.27. The van der Waals surface area contributed by atoms with Crippen LogP contribution in [-0.2, 0) is 6.42 Å². The quantitative estimate of drug-likeness (QED) is 0.707. The lowest BCUT2D eigenvalue weighted by molar-refractivity contribution is 0.313. The third kappa shape index (κ3) is 2.57. The van der Waals surface area contributed by atoms with E-state index in [0.717, 1.165) is 18.2 Å². The molecule has 0 aliphatic heterocycles. The Labute approximate surface area is 105 Å². The Morgan fingerprint density at radius 3 is 2.60 bits per heavy atom. The highest BCUT2D eigenvalue weighted by Crippen LogP contribution is 2.48. The molecular formula is C13H16BrCl. The van der Waals surface area contributed by atoms with Crippen LogP contribution in [0.25, 0.3) is 0 Å². The molecule has 0 amide bonds. The lowest BCUT2D eigenvalue weighted by Crippen LogP contribution is -2.24. The third-order valence-electron chi connectivity index (χ3n) is 3.42. The summed E-state index contributed by atoms with van der Waals surface area (Å²) in [4.78, 5) is 0. The van der Waals surface area contributed by atoms with Gasteiger partial charge < -0.3 is 0 Å². The summed E-state index contributed by atoms with van der Waals surface area (Å²) in [6.07, 6.45) is 3.80. The number of halogens is 2. The van der Waals surface area contributed by atoms with E-state index in [2.05, 4.69) is 47.1 Å². The first kappa shape index (κ1) is 11.5. The minimum Gasteiger partial charge on any atom is -0.126 e. The Bertz CT molecular complexity index is 346. The van der Waals surface area contributed by atoms with Crippen molar-refractivity contribution in [3.8, 4) is 0 Å². The molecule has 1 aromatic carbocycles. The molecule has 0 saturated heterocycles. The van der Waals surface area contributed by atoms with Gasteiger partial charge in [0.05, 0.1) is 0 Å². The Morgan fingerprint density at radius 2 is 2.07 bits per heavy atom. The number of benzene rings is 1. The molecule has 0 heterocycles. The maximum atomic E-state index is 6.13. The Morgan fingerprint density at radius 1 is 1.40 bits per heavy atom. The molecule has 2 heteroatoms. The molecule has 0 N–H and O–H groups in total. The normalized spacial score (nSPS) is 19.9. The summed E-state index contributed by atoms with van der Waals surface area (Å²) in [5.74, 6) is 1.60. The highest BCUT2D eigenvalue weighted by Gasteiger charge is 2.40. The molecule has 0 radical (unpaired) electrons. The molecule has 1 fully saturated rings. The van der Waals surface area contributed by atoms with E-state index in [0.29, 0.717) is 0 Å².